The van der Waals surface area contributed by atoms with Crippen LogP contribution in [0, 0.1) is 0 Å². The summed E-state index contributed by atoms with van der Waals surface area (Å²) >= 11 is 0. The van der Waals surface area contributed by atoms with E-state index in [1.165, 1.54) is 107 Å². The molecule has 278 valence electrons. The van der Waals surface area contributed by atoms with Crippen LogP contribution in [0.1, 0.15) is 104 Å². The molecule has 0 atom stereocenters. The Hall–Kier alpha value is -5.22. The highest BCUT2D eigenvalue weighted by Gasteiger charge is 2.46. The molecule has 0 radical (unpaired) electrons. The topological polar surface area (TPSA) is 21.3 Å². The standard InChI is InChI=1S/C52H51BN2O/c1-49(2,3)30-15-18-32(19-16-30)55-42-29-38-37(51(7,8)25-26-52(38,9)10)28-36(42)33-20-21-35-45-41(23-24-44-46(45)34-13-11-12-14-43(34)56-44)54-40-22-17-31(50(4,5)6)27-39(40)53(55)47(33)48(35)54/h11-24,27-29H,25-26H2,1-10H3. The van der Waals surface area contributed by atoms with Gasteiger partial charge in [-0.05, 0) is 122 Å². The van der Waals surface area contributed by atoms with Gasteiger partial charge < -0.3 is 13.8 Å². The molecular formula is C52H51BN2O. The van der Waals surface area contributed by atoms with Crippen molar-refractivity contribution in [2.45, 2.75) is 104 Å². The van der Waals surface area contributed by atoms with Gasteiger partial charge in [0, 0.05) is 44.2 Å². The molecule has 0 N–H and O–H groups in total. The third-order valence-corrected chi connectivity index (χ3v) is 14.0. The number of hydrogen-bond donors (Lipinski definition) is 0. The van der Waals surface area contributed by atoms with Crippen LogP contribution < -0.4 is 15.7 Å². The number of benzene rings is 6. The summed E-state index contributed by atoms with van der Waals surface area (Å²) in [6.07, 6.45) is 2.37. The summed E-state index contributed by atoms with van der Waals surface area (Å²) in [5, 5.41) is 4.94. The molecule has 2 aromatic heterocycles. The first-order chi connectivity index (χ1) is 26.5. The summed E-state index contributed by atoms with van der Waals surface area (Å²) in [6.45, 7) is 23.8. The summed E-state index contributed by atoms with van der Waals surface area (Å²) in [7, 11) is 0. The third kappa shape index (κ3) is 4.47. The molecule has 4 heterocycles. The van der Waals surface area contributed by atoms with Gasteiger partial charge in [-0.25, -0.2) is 0 Å². The molecule has 3 nitrogen and oxygen atoms in total. The summed E-state index contributed by atoms with van der Waals surface area (Å²) in [5.41, 5.74) is 19.6. The lowest BCUT2D eigenvalue weighted by Gasteiger charge is -2.46. The maximum absolute atomic E-state index is 6.52. The highest BCUT2D eigenvalue weighted by molar-refractivity contribution is 6.93. The molecule has 0 spiro atoms. The lowest BCUT2D eigenvalue weighted by atomic mass is 9.43. The Balaban J connectivity index is 1.33. The molecule has 6 aromatic carbocycles. The van der Waals surface area contributed by atoms with E-state index in [2.05, 4.69) is 182 Å². The van der Waals surface area contributed by atoms with Gasteiger partial charge in [-0.2, -0.15) is 0 Å². The molecule has 0 bridgehead atoms. The number of nitrogens with zero attached hydrogens (tertiary/aromatic N) is 2. The van der Waals surface area contributed by atoms with Crippen LogP contribution >= 0.6 is 0 Å². The third-order valence-electron chi connectivity index (χ3n) is 14.0. The van der Waals surface area contributed by atoms with Gasteiger partial charge in [-0.15, -0.1) is 0 Å². The number of rotatable bonds is 1. The molecule has 2 aliphatic heterocycles. The average molecular weight is 731 g/mol. The van der Waals surface area contributed by atoms with Crippen LogP contribution in [0.5, 0.6) is 0 Å². The Labute approximate surface area is 331 Å². The summed E-state index contributed by atoms with van der Waals surface area (Å²) in [5.74, 6) is 0. The van der Waals surface area contributed by atoms with E-state index in [1.807, 2.05) is 0 Å². The first-order valence-electron chi connectivity index (χ1n) is 20.7. The number of para-hydroxylation sites is 1. The minimum absolute atomic E-state index is 0.00872. The normalized spacial score (nSPS) is 16.8. The summed E-state index contributed by atoms with van der Waals surface area (Å²) in [4.78, 5) is 2.72. The number of furan rings is 1. The maximum Gasteiger partial charge on any atom is 0.333 e. The molecule has 11 rings (SSSR count). The van der Waals surface area contributed by atoms with Crippen LogP contribution in [-0.4, -0.2) is 11.4 Å². The summed E-state index contributed by atoms with van der Waals surface area (Å²) < 4.78 is 9.12. The Bertz CT molecular complexity index is 2990. The molecule has 3 aliphatic rings. The van der Waals surface area contributed by atoms with E-state index < -0.39 is 0 Å². The van der Waals surface area contributed by atoms with Gasteiger partial charge in [-0.1, -0.05) is 124 Å². The van der Waals surface area contributed by atoms with E-state index in [0.717, 1.165) is 11.2 Å². The molecule has 4 heteroatoms. The fourth-order valence-corrected chi connectivity index (χ4v) is 10.6. The van der Waals surface area contributed by atoms with Crippen LogP contribution in [0.2, 0.25) is 0 Å². The van der Waals surface area contributed by atoms with Crippen molar-refractivity contribution in [2.75, 3.05) is 4.81 Å². The zero-order valence-corrected chi connectivity index (χ0v) is 34.6. The predicted molar refractivity (Wildman–Crippen MR) is 240 cm³/mol. The van der Waals surface area contributed by atoms with Gasteiger partial charge in [0.15, 0.2) is 0 Å². The lowest BCUT2D eigenvalue weighted by molar-refractivity contribution is 0.332. The number of fused-ring (bicyclic) bond motifs is 13. The van der Waals surface area contributed by atoms with Gasteiger partial charge >= 0.3 is 6.85 Å². The van der Waals surface area contributed by atoms with Gasteiger partial charge in [-0.3, -0.25) is 0 Å². The first-order valence-corrected chi connectivity index (χ1v) is 20.7. The van der Waals surface area contributed by atoms with E-state index in [1.54, 1.807) is 0 Å². The largest absolute Gasteiger partial charge is 0.456 e. The van der Waals surface area contributed by atoms with Crippen LogP contribution in [0.15, 0.2) is 108 Å². The highest BCUT2D eigenvalue weighted by Crippen LogP contribution is 2.53. The lowest BCUT2D eigenvalue weighted by Crippen LogP contribution is -2.61. The van der Waals surface area contributed by atoms with E-state index in [4.69, 9.17) is 4.42 Å². The zero-order valence-electron chi connectivity index (χ0n) is 34.6. The van der Waals surface area contributed by atoms with Gasteiger partial charge in [0.25, 0.3) is 0 Å². The Morgan fingerprint density at radius 2 is 1.27 bits per heavy atom. The Kier molecular flexibility index (Phi) is 6.56. The average Bonchev–Trinajstić information content (AvgIpc) is 3.71. The van der Waals surface area contributed by atoms with Gasteiger partial charge in [0.05, 0.1) is 11.0 Å². The second-order valence-electron chi connectivity index (χ2n) is 20.5. The molecular weight excluding hydrogens is 679 g/mol. The van der Waals surface area contributed by atoms with E-state index in [0.29, 0.717) is 0 Å². The second-order valence-corrected chi connectivity index (χ2v) is 20.5. The van der Waals surface area contributed by atoms with E-state index in [-0.39, 0.29) is 28.5 Å². The Morgan fingerprint density at radius 1 is 0.589 bits per heavy atom. The van der Waals surface area contributed by atoms with E-state index >= 15 is 0 Å². The van der Waals surface area contributed by atoms with Crippen LogP contribution in [0.4, 0.5) is 11.4 Å². The zero-order chi connectivity index (χ0) is 38.8. The minimum Gasteiger partial charge on any atom is -0.456 e. The van der Waals surface area contributed by atoms with Crippen molar-refractivity contribution in [3.8, 4) is 16.8 Å². The number of hydrogen-bond acceptors (Lipinski definition) is 2. The first kappa shape index (κ1) is 34.1. The van der Waals surface area contributed by atoms with Gasteiger partial charge in [0.2, 0.25) is 0 Å². The smallest absolute Gasteiger partial charge is 0.333 e. The van der Waals surface area contributed by atoms with Gasteiger partial charge in [0.1, 0.15) is 11.2 Å². The summed E-state index contributed by atoms with van der Waals surface area (Å²) in [6, 6.07) is 40.0. The molecule has 1 aliphatic carbocycles. The fraction of sp³-hybridized carbons (Fsp3) is 0.308. The Morgan fingerprint density at radius 3 is 1.98 bits per heavy atom. The number of aromatic nitrogens is 1. The van der Waals surface area contributed by atoms with Crippen LogP contribution in [-0.2, 0) is 21.7 Å². The number of anilines is 2. The predicted octanol–water partition coefficient (Wildman–Crippen LogP) is 12.9. The molecule has 56 heavy (non-hydrogen) atoms. The van der Waals surface area contributed by atoms with E-state index in [9.17, 15) is 0 Å². The van der Waals surface area contributed by atoms with Crippen molar-refractivity contribution >= 4 is 72.9 Å². The van der Waals surface area contributed by atoms with Crippen molar-refractivity contribution in [2.24, 2.45) is 0 Å². The van der Waals surface area contributed by atoms with Crippen molar-refractivity contribution in [1.82, 2.24) is 4.57 Å². The molecule has 0 fully saturated rings. The molecule has 8 aromatic rings. The van der Waals surface area contributed by atoms with Crippen molar-refractivity contribution in [1.29, 1.82) is 0 Å². The minimum atomic E-state index is -0.0230. The van der Waals surface area contributed by atoms with Crippen molar-refractivity contribution in [3.05, 3.63) is 125 Å². The van der Waals surface area contributed by atoms with Crippen molar-refractivity contribution < 1.29 is 4.42 Å². The molecule has 0 saturated carbocycles. The van der Waals surface area contributed by atoms with Crippen LogP contribution in [0.3, 0.4) is 0 Å². The SMILES string of the molecule is CC(C)(C)c1ccc(N2B3c4cc(C(C)(C)C)ccc4-n4c5ccc6oc7ccccc7c6c5c5ccc(c3c54)-c3cc4c(cc32)C(C)(C)CCC4(C)C)cc1. The maximum atomic E-state index is 6.52. The monoisotopic (exact) mass is 730 g/mol. The highest BCUT2D eigenvalue weighted by atomic mass is 16.3. The second kappa shape index (κ2) is 10.8. The fourth-order valence-electron chi connectivity index (χ4n) is 10.6. The molecule has 0 unspecified atom stereocenters. The quantitative estimate of drug-likeness (QED) is 0.157. The molecule has 0 saturated heterocycles. The van der Waals surface area contributed by atoms with Crippen LogP contribution in [0.25, 0.3) is 60.6 Å². The van der Waals surface area contributed by atoms with Crippen molar-refractivity contribution in [3.63, 3.8) is 0 Å². The molecule has 0 amide bonds.